The van der Waals surface area contributed by atoms with Crippen LogP contribution in [0.5, 0.6) is 0 Å². The topological polar surface area (TPSA) is 50.5 Å². The van der Waals surface area contributed by atoms with E-state index in [9.17, 15) is 4.79 Å². The number of aromatic nitrogens is 3. The average Bonchev–Trinajstić information content (AvgIpc) is 3.24. The predicted molar refractivity (Wildman–Crippen MR) is 101 cm³/mol. The third kappa shape index (κ3) is 2.88. The largest absolute Gasteiger partial charge is 0.342 e. The molecule has 130 valence electrons. The second-order valence-corrected chi connectivity index (χ2v) is 7.78. The molecule has 0 aliphatic carbocycles. The molecule has 1 amide bonds. The molecule has 1 aliphatic heterocycles. The minimum atomic E-state index is 0.197. The first-order valence-corrected chi connectivity index (χ1v) is 9.69. The lowest BCUT2D eigenvalue weighted by molar-refractivity contribution is -0.127. The zero-order chi connectivity index (χ0) is 17.6. The van der Waals surface area contributed by atoms with Crippen LogP contribution in [0.25, 0.3) is 16.6 Å². The maximum atomic E-state index is 12.4. The minimum Gasteiger partial charge on any atom is -0.342 e. The molecule has 3 aromatic rings. The number of rotatable bonds is 3. The van der Waals surface area contributed by atoms with E-state index in [0.29, 0.717) is 5.75 Å². The number of hydrogen-bond donors (Lipinski definition) is 0. The van der Waals surface area contributed by atoms with Crippen molar-refractivity contribution >= 4 is 34.2 Å². The summed E-state index contributed by atoms with van der Waals surface area (Å²) in [5, 5.41) is 10.7. The van der Waals surface area contributed by atoms with E-state index in [4.69, 9.17) is 0 Å². The van der Waals surface area contributed by atoms with Crippen LogP contribution < -0.4 is 0 Å². The summed E-state index contributed by atoms with van der Waals surface area (Å²) in [7, 11) is 0. The highest BCUT2D eigenvalue weighted by Crippen LogP contribution is 2.28. The molecular formula is C19H22N4OS. The maximum Gasteiger partial charge on any atom is 0.233 e. The number of thioether (sulfide) groups is 1. The average molecular weight is 354 g/mol. The molecule has 0 saturated carbocycles. The zero-order valence-electron chi connectivity index (χ0n) is 14.9. The van der Waals surface area contributed by atoms with Crippen LogP contribution >= 0.6 is 11.8 Å². The Hall–Kier alpha value is -2.08. The van der Waals surface area contributed by atoms with E-state index in [-0.39, 0.29) is 5.91 Å². The molecule has 0 atom stereocenters. The Morgan fingerprint density at radius 2 is 1.72 bits per heavy atom. The summed E-state index contributed by atoms with van der Waals surface area (Å²) in [6.07, 6.45) is 2.24. The number of nitrogens with zero attached hydrogens (tertiary/aromatic N) is 4. The van der Waals surface area contributed by atoms with Gasteiger partial charge in [0.25, 0.3) is 0 Å². The van der Waals surface area contributed by atoms with Gasteiger partial charge in [0, 0.05) is 13.1 Å². The molecular weight excluding hydrogens is 332 g/mol. The fourth-order valence-corrected chi connectivity index (χ4v) is 4.30. The van der Waals surface area contributed by atoms with Gasteiger partial charge in [-0.25, -0.2) is 0 Å². The Morgan fingerprint density at radius 1 is 1.04 bits per heavy atom. The van der Waals surface area contributed by atoms with Gasteiger partial charge in [-0.15, -0.1) is 10.2 Å². The highest BCUT2D eigenvalue weighted by atomic mass is 32.2. The molecule has 2 aromatic heterocycles. The lowest BCUT2D eigenvalue weighted by Crippen LogP contribution is -2.29. The number of amides is 1. The van der Waals surface area contributed by atoms with Crippen molar-refractivity contribution in [2.24, 2.45) is 0 Å². The second-order valence-electron chi connectivity index (χ2n) is 6.84. The standard InChI is InChI=1S/C19H22N4OS/c1-12-8-15-9-14(3)18-20-21-19(23(18)16(15)10-13(12)2)25-11-17(24)22-6-4-5-7-22/h8-10H,4-7,11H2,1-3H3. The monoisotopic (exact) mass is 354 g/mol. The van der Waals surface area contributed by atoms with E-state index in [1.807, 2.05) is 4.90 Å². The van der Waals surface area contributed by atoms with Gasteiger partial charge >= 0.3 is 0 Å². The van der Waals surface area contributed by atoms with Gasteiger partial charge in [-0.05, 0) is 73.9 Å². The maximum absolute atomic E-state index is 12.4. The Labute approximate surface area is 151 Å². The fraction of sp³-hybridized carbons (Fsp3) is 0.421. The summed E-state index contributed by atoms with van der Waals surface area (Å²) in [5.74, 6) is 0.615. The minimum absolute atomic E-state index is 0.197. The number of likely N-dealkylation sites (tertiary alicyclic amines) is 1. The van der Waals surface area contributed by atoms with Crippen LogP contribution in [0.1, 0.15) is 29.5 Å². The van der Waals surface area contributed by atoms with E-state index in [1.165, 1.54) is 28.3 Å². The molecule has 1 fully saturated rings. The van der Waals surface area contributed by atoms with E-state index in [2.05, 4.69) is 53.6 Å². The Bertz CT molecular complexity index is 973. The van der Waals surface area contributed by atoms with Crippen LogP contribution in [0.15, 0.2) is 23.4 Å². The lowest BCUT2D eigenvalue weighted by atomic mass is 10.0. The second kappa shape index (κ2) is 6.33. The van der Waals surface area contributed by atoms with E-state index >= 15 is 0 Å². The molecule has 0 bridgehead atoms. The van der Waals surface area contributed by atoms with Crippen LogP contribution in [-0.4, -0.2) is 44.2 Å². The number of pyridine rings is 1. The van der Waals surface area contributed by atoms with Crippen molar-refractivity contribution in [2.75, 3.05) is 18.8 Å². The molecule has 6 heteroatoms. The molecule has 3 heterocycles. The quantitative estimate of drug-likeness (QED) is 0.675. The first-order valence-electron chi connectivity index (χ1n) is 8.71. The molecule has 0 N–H and O–H groups in total. The zero-order valence-corrected chi connectivity index (χ0v) is 15.7. The van der Waals surface area contributed by atoms with Gasteiger partial charge in [-0.1, -0.05) is 11.8 Å². The number of carbonyl (C=O) groups excluding carboxylic acids is 1. The molecule has 25 heavy (non-hydrogen) atoms. The van der Waals surface area contributed by atoms with Crippen molar-refractivity contribution in [3.63, 3.8) is 0 Å². The summed E-state index contributed by atoms with van der Waals surface area (Å²) in [6.45, 7) is 8.09. The Morgan fingerprint density at radius 3 is 2.48 bits per heavy atom. The van der Waals surface area contributed by atoms with Crippen LogP contribution in [0.3, 0.4) is 0 Å². The highest BCUT2D eigenvalue weighted by molar-refractivity contribution is 7.99. The SMILES string of the molecule is Cc1cc2cc(C)c3nnc(SCC(=O)N4CCCC4)n3c2cc1C. The highest BCUT2D eigenvalue weighted by Gasteiger charge is 2.20. The van der Waals surface area contributed by atoms with Crippen molar-refractivity contribution in [3.05, 3.63) is 34.9 Å². The Balaban J connectivity index is 1.74. The third-order valence-electron chi connectivity index (χ3n) is 5.03. The lowest BCUT2D eigenvalue weighted by Gasteiger charge is -2.14. The normalized spacial score (nSPS) is 14.8. The van der Waals surface area contributed by atoms with Crippen molar-refractivity contribution < 1.29 is 4.79 Å². The van der Waals surface area contributed by atoms with Gasteiger partial charge in [0.05, 0.1) is 11.3 Å². The predicted octanol–water partition coefficient (Wildman–Crippen LogP) is 3.52. The van der Waals surface area contributed by atoms with Gasteiger partial charge in [-0.3, -0.25) is 9.20 Å². The number of hydrogen-bond acceptors (Lipinski definition) is 4. The number of aryl methyl sites for hydroxylation is 3. The van der Waals surface area contributed by atoms with Crippen LogP contribution in [0.2, 0.25) is 0 Å². The first kappa shape index (κ1) is 16.4. The summed E-state index contributed by atoms with van der Waals surface area (Å²) in [4.78, 5) is 14.3. The van der Waals surface area contributed by atoms with E-state index in [1.54, 1.807) is 0 Å². The number of fused-ring (bicyclic) bond motifs is 3. The van der Waals surface area contributed by atoms with Gasteiger partial charge in [-0.2, -0.15) is 0 Å². The van der Waals surface area contributed by atoms with Crippen molar-refractivity contribution in [1.82, 2.24) is 19.5 Å². The Kier molecular flexibility index (Phi) is 4.15. The summed E-state index contributed by atoms with van der Waals surface area (Å²) >= 11 is 1.48. The van der Waals surface area contributed by atoms with Gasteiger partial charge in [0.2, 0.25) is 5.91 Å². The summed E-state index contributed by atoms with van der Waals surface area (Å²) in [6, 6.07) is 6.56. The van der Waals surface area contributed by atoms with Gasteiger partial charge in [0.15, 0.2) is 10.8 Å². The van der Waals surface area contributed by atoms with Gasteiger partial charge < -0.3 is 4.90 Å². The van der Waals surface area contributed by atoms with Crippen LogP contribution in [-0.2, 0) is 4.79 Å². The molecule has 0 unspecified atom stereocenters. The fourth-order valence-electron chi connectivity index (χ4n) is 3.45. The smallest absolute Gasteiger partial charge is 0.233 e. The molecule has 1 aliphatic rings. The van der Waals surface area contributed by atoms with Crippen molar-refractivity contribution in [3.8, 4) is 0 Å². The molecule has 1 saturated heterocycles. The number of benzene rings is 1. The first-order chi connectivity index (χ1) is 12.0. The summed E-state index contributed by atoms with van der Waals surface area (Å²) < 4.78 is 2.10. The van der Waals surface area contributed by atoms with Crippen molar-refractivity contribution in [1.29, 1.82) is 0 Å². The summed E-state index contributed by atoms with van der Waals surface area (Å²) in [5.41, 5.74) is 5.59. The van der Waals surface area contributed by atoms with Gasteiger partial charge in [0.1, 0.15) is 0 Å². The molecule has 4 rings (SSSR count). The molecule has 0 radical (unpaired) electrons. The molecule has 1 aromatic carbocycles. The molecule has 5 nitrogen and oxygen atoms in total. The van der Waals surface area contributed by atoms with E-state index < -0.39 is 0 Å². The third-order valence-corrected chi connectivity index (χ3v) is 5.94. The van der Waals surface area contributed by atoms with Crippen molar-refractivity contribution in [2.45, 2.75) is 38.8 Å². The number of carbonyl (C=O) groups is 1. The van der Waals surface area contributed by atoms with Crippen LogP contribution in [0.4, 0.5) is 0 Å². The molecule has 0 spiro atoms. The van der Waals surface area contributed by atoms with Crippen LogP contribution in [0, 0.1) is 20.8 Å². The van der Waals surface area contributed by atoms with E-state index in [0.717, 1.165) is 47.8 Å².